The Morgan fingerprint density at radius 3 is 2.00 bits per heavy atom. The number of allylic oxidation sites excluding steroid dienone is 2. The Hall–Kier alpha value is -2.15. The van der Waals surface area contributed by atoms with E-state index in [9.17, 15) is 14.2 Å². The molecular formula is C23H35O8P. The van der Waals surface area contributed by atoms with Gasteiger partial charge in [-0.05, 0) is 42.9 Å². The minimum absolute atomic E-state index is 0.142. The van der Waals surface area contributed by atoms with E-state index in [1.807, 2.05) is 18.2 Å². The van der Waals surface area contributed by atoms with E-state index >= 15 is 0 Å². The maximum Gasteiger partial charge on any atom is 0.344 e. The Kier molecular flexibility index (Phi) is 12.3. The van der Waals surface area contributed by atoms with E-state index in [1.54, 1.807) is 6.08 Å². The summed E-state index contributed by atoms with van der Waals surface area (Å²) in [5, 5.41) is 0. The third-order valence-electron chi connectivity index (χ3n) is 5.37. The van der Waals surface area contributed by atoms with Gasteiger partial charge in [0.05, 0.1) is 26.9 Å². The van der Waals surface area contributed by atoms with Gasteiger partial charge >= 0.3 is 13.6 Å². The number of aldehydes is 1. The van der Waals surface area contributed by atoms with Crippen LogP contribution in [0.4, 0.5) is 0 Å². The number of methoxy groups -OCH3 is 3. The van der Waals surface area contributed by atoms with Crippen molar-refractivity contribution in [2.45, 2.75) is 50.6 Å². The SMILES string of the molecule is CCCC[C@@H](C/C=C/CC(C(=O)OC)P(=O)(OC)OC)c1cc(OC)c(C=O)c(OC)c1. The molecule has 1 aromatic rings. The molecule has 0 radical (unpaired) electrons. The first-order chi connectivity index (χ1) is 15.3. The molecule has 0 fully saturated rings. The third kappa shape index (κ3) is 7.19. The van der Waals surface area contributed by atoms with Gasteiger partial charge in [0.1, 0.15) is 11.5 Å². The van der Waals surface area contributed by atoms with Gasteiger partial charge in [0, 0.05) is 14.2 Å². The maximum absolute atomic E-state index is 12.7. The summed E-state index contributed by atoms with van der Waals surface area (Å²) in [6, 6.07) is 3.73. The van der Waals surface area contributed by atoms with E-state index in [0.717, 1.165) is 31.1 Å². The molecule has 2 atom stereocenters. The summed E-state index contributed by atoms with van der Waals surface area (Å²) in [5.41, 5.74) is 0.325. The summed E-state index contributed by atoms with van der Waals surface area (Å²) in [4.78, 5) is 23.6. The average molecular weight is 470 g/mol. The number of carbonyl (C=O) groups excluding carboxylic acids is 2. The van der Waals surface area contributed by atoms with Crippen molar-refractivity contribution >= 4 is 19.9 Å². The lowest BCUT2D eigenvalue weighted by Crippen LogP contribution is -2.23. The predicted octanol–water partition coefficient (Wildman–Crippen LogP) is 5.15. The first-order valence-corrected chi connectivity index (χ1v) is 12.1. The normalized spacial score (nSPS) is 13.6. The number of ether oxygens (including phenoxy) is 3. The van der Waals surface area contributed by atoms with E-state index in [-0.39, 0.29) is 12.3 Å². The van der Waals surface area contributed by atoms with Gasteiger partial charge in [-0.1, -0.05) is 31.9 Å². The van der Waals surface area contributed by atoms with Crippen molar-refractivity contribution < 1.29 is 37.4 Å². The first kappa shape index (κ1) is 27.9. The molecule has 8 nitrogen and oxygen atoms in total. The maximum atomic E-state index is 12.7. The Balaban J connectivity index is 3.13. The van der Waals surface area contributed by atoms with Crippen LogP contribution >= 0.6 is 7.60 Å². The second kappa shape index (κ2) is 14.1. The standard InChI is InChI=1S/C23H35O8P/c1-7-8-11-17(18-14-20(27-2)19(16-24)21(15-18)28-3)12-9-10-13-22(23(25)29-4)32(26,30-5)31-6/h9-10,14-17,22H,7-8,11-13H2,1-6H3/b10-9+/t17-,22?/m0/s1. The predicted molar refractivity (Wildman–Crippen MR) is 123 cm³/mol. The number of unbranched alkanes of at least 4 members (excludes halogenated alkanes) is 1. The van der Waals surface area contributed by atoms with Gasteiger partial charge in [0.25, 0.3) is 0 Å². The lowest BCUT2D eigenvalue weighted by atomic mass is 9.89. The summed E-state index contributed by atoms with van der Waals surface area (Å²) in [7, 11) is 3.13. The highest BCUT2D eigenvalue weighted by molar-refractivity contribution is 7.55. The molecule has 0 aliphatic carbocycles. The number of benzene rings is 1. The highest BCUT2D eigenvalue weighted by atomic mass is 31.2. The second-order valence-electron chi connectivity index (χ2n) is 7.18. The van der Waals surface area contributed by atoms with Crippen molar-refractivity contribution in [3.63, 3.8) is 0 Å². The minimum Gasteiger partial charge on any atom is -0.496 e. The van der Waals surface area contributed by atoms with Gasteiger partial charge in [0.2, 0.25) is 0 Å². The molecular weight excluding hydrogens is 435 g/mol. The van der Waals surface area contributed by atoms with E-state index in [1.165, 1.54) is 35.5 Å². The van der Waals surface area contributed by atoms with Gasteiger partial charge in [-0.3, -0.25) is 14.2 Å². The summed E-state index contributed by atoms with van der Waals surface area (Å²) in [6.45, 7) is 2.12. The molecule has 180 valence electrons. The number of esters is 1. The van der Waals surface area contributed by atoms with Crippen LogP contribution in [0.5, 0.6) is 11.5 Å². The minimum atomic E-state index is -3.63. The molecule has 0 spiro atoms. The lowest BCUT2D eigenvalue weighted by molar-refractivity contribution is -0.140. The molecule has 0 bridgehead atoms. The van der Waals surface area contributed by atoms with Crippen LogP contribution in [0.2, 0.25) is 0 Å². The van der Waals surface area contributed by atoms with Crippen LogP contribution in [0.25, 0.3) is 0 Å². The van der Waals surface area contributed by atoms with Gasteiger partial charge in [-0.2, -0.15) is 0 Å². The first-order valence-electron chi connectivity index (χ1n) is 10.5. The van der Waals surface area contributed by atoms with Crippen molar-refractivity contribution in [2.75, 3.05) is 35.5 Å². The third-order valence-corrected chi connectivity index (χ3v) is 7.58. The van der Waals surface area contributed by atoms with Crippen molar-refractivity contribution in [3.05, 3.63) is 35.4 Å². The van der Waals surface area contributed by atoms with Crippen LogP contribution in [0.3, 0.4) is 0 Å². The van der Waals surface area contributed by atoms with E-state index < -0.39 is 19.2 Å². The fraction of sp³-hybridized carbons (Fsp3) is 0.565. The lowest BCUT2D eigenvalue weighted by Gasteiger charge is -2.21. The Morgan fingerprint density at radius 1 is 1.00 bits per heavy atom. The van der Waals surface area contributed by atoms with E-state index in [2.05, 4.69) is 6.92 Å². The highest BCUT2D eigenvalue weighted by Gasteiger charge is 2.39. The fourth-order valence-electron chi connectivity index (χ4n) is 3.49. The smallest absolute Gasteiger partial charge is 0.344 e. The quantitative estimate of drug-likeness (QED) is 0.150. The topological polar surface area (TPSA) is 97.4 Å². The van der Waals surface area contributed by atoms with Crippen molar-refractivity contribution in [1.82, 2.24) is 0 Å². The molecule has 0 amide bonds. The Bertz CT molecular complexity index is 787. The molecule has 1 aromatic carbocycles. The van der Waals surface area contributed by atoms with Crippen LogP contribution in [0.1, 0.15) is 60.9 Å². The molecule has 1 rings (SSSR count). The van der Waals surface area contributed by atoms with Crippen molar-refractivity contribution in [2.24, 2.45) is 0 Å². The summed E-state index contributed by atoms with van der Waals surface area (Å²) in [6.07, 6.45) is 8.26. The van der Waals surface area contributed by atoms with Crippen LogP contribution in [0.15, 0.2) is 24.3 Å². The zero-order valence-electron chi connectivity index (χ0n) is 19.8. The molecule has 9 heteroatoms. The monoisotopic (exact) mass is 470 g/mol. The number of hydrogen-bond acceptors (Lipinski definition) is 8. The number of rotatable bonds is 15. The summed E-state index contributed by atoms with van der Waals surface area (Å²) >= 11 is 0. The Morgan fingerprint density at radius 2 is 1.56 bits per heavy atom. The van der Waals surface area contributed by atoms with E-state index in [0.29, 0.717) is 23.5 Å². The number of hydrogen-bond donors (Lipinski definition) is 0. The van der Waals surface area contributed by atoms with Crippen molar-refractivity contribution in [3.8, 4) is 11.5 Å². The van der Waals surface area contributed by atoms with Crippen LogP contribution in [0, 0.1) is 0 Å². The van der Waals surface area contributed by atoms with Crippen LogP contribution in [-0.4, -0.2) is 53.5 Å². The summed E-state index contributed by atoms with van der Waals surface area (Å²) in [5.74, 6) is 0.421. The second-order valence-corrected chi connectivity index (χ2v) is 9.62. The molecule has 0 saturated heterocycles. The molecule has 0 aromatic heterocycles. The molecule has 0 N–H and O–H groups in total. The highest BCUT2D eigenvalue weighted by Crippen LogP contribution is 2.53. The van der Waals surface area contributed by atoms with Gasteiger partial charge in [-0.15, -0.1) is 0 Å². The van der Waals surface area contributed by atoms with Gasteiger partial charge in [0.15, 0.2) is 11.9 Å². The molecule has 32 heavy (non-hydrogen) atoms. The van der Waals surface area contributed by atoms with Gasteiger partial charge in [-0.25, -0.2) is 0 Å². The van der Waals surface area contributed by atoms with Gasteiger partial charge < -0.3 is 23.3 Å². The largest absolute Gasteiger partial charge is 0.496 e. The average Bonchev–Trinajstić information content (AvgIpc) is 2.83. The van der Waals surface area contributed by atoms with Crippen LogP contribution in [-0.2, 0) is 23.1 Å². The molecule has 0 heterocycles. The molecule has 0 aliphatic heterocycles. The molecule has 0 aliphatic rings. The van der Waals surface area contributed by atoms with Crippen LogP contribution < -0.4 is 9.47 Å². The Labute approximate surface area is 190 Å². The zero-order valence-corrected chi connectivity index (χ0v) is 20.7. The number of carbonyl (C=O) groups is 2. The fourth-order valence-corrected chi connectivity index (χ4v) is 4.89. The van der Waals surface area contributed by atoms with Crippen molar-refractivity contribution in [1.29, 1.82) is 0 Å². The zero-order chi connectivity index (χ0) is 24.1. The molecule has 0 saturated carbocycles. The molecule has 1 unspecified atom stereocenters. The summed E-state index contributed by atoms with van der Waals surface area (Å²) < 4.78 is 38.2. The van der Waals surface area contributed by atoms with E-state index in [4.69, 9.17) is 23.3 Å².